The average Bonchev–Trinajstić information content (AvgIpc) is 3.03. The highest BCUT2D eigenvalue weighted by Gasteiger charge is 2.69. The van der Waals surface area contributed by atoms with Gasteiger partial charge in [-0.25, -0.2) is 0 Å². The van der Waals surface area contributed by atoms with Crippen molar-refractivity contribution in [3.63, 3.8) is 0 Å². The van der Waals surface area contributed by atoms with Gasteiger partial charge in [0.25, 0.3) is 0 Å². The van der Waals surface area contributed by atoms with E-state index in [0.717, 1.165) is 6.42 Å². The van der Waals surface area contributed by atoms with Crippen molar-refractivity contribution in [1.82, 2.24) is 5.32 Å². The molecule has 1 aliphatic heterocycles. The molecule has 17 heavy (non-hydrogen) atoms. The molecule has 8 unspecified atom stereocenters. The van der Waals surface area contributed by atoms with Crippen LogP contribution < -0.4 is 5.32 Å². The van der Waals surface area contributed by atoms with Gasteiger partial charge in [-0.05, 0) is 48.3 Å². The van der Waals surface area contributed by atoms with Crippen LogP contribution in [0.25, 0.3) is 0 Å². The summed E-state index contributed by atoms with van der Waals surface area (Å²) in [7, 11) is 0. The van der Waals surface area contributed by atoms with Gasteiger partial charge in [-0.15, -0.1) is 0 Å². The monoisotopic (exact) mass is 229 g/mol. The predicted octanol–water partition coefficient (Wildman–Crippen LogP) is 0.963. The number of carbonyl (C=O) groups is 2. The van der Waals surface area contributed by atoms with Crippen molar-refractivity contribution in [2.24, 2.45) is 47.3 Å². The van der Waals surface area contributed by atoms with Crippen LogP contribution in [0.5, 0.6) is 0 Å². The summed E-state index contributed by atoms with van der Waals surface area (Å²) >= 11 is 0. The third-order valence-corrected chi connectivity index (χ3v) is 6.28. The lowest BCUT2D eigenvalue weighted by molar-refractivity contribution is -0.127. The molecule has 3 saturated carbocycles. The van der Waals surface area contributed by atoms with Crippen LogP contribution in [0, 0.1) is 47.3 Å². The Labute approximate surface area is 99.6 Å². The van der Waals surface area contributed by atoms with E-state index >= 15 is 0 Å². The van der Waals surface area contributed by atoms with Gasteiger partial charge < -0.3 is 0 Å². The van der Waals surface area contributed by atoms with Gasteiger partial charge in [0, 0.05) is 0 Å². The number of allylic oxidation sites excluding steroid dienone is 2. The quantitative estimate of drug-likeness (QED) is 0.382. The van der Waals surface area contributed by atoms with Gasteiger partial charge in [0.1, 0.15) is 0 Å². The van der Waals surface area contributed by atoms with Crippen LogP contribution in [-0.2, 0) is 9.59 Å². The van der Waals surface area contributed by atoms with Crippen LogP contribution in [0.2, 0.25) is 0 Å². The van der Waals surface area contributed by atoms with Crippen LogP contribution in [-0.4, -0.2) is 11.8 Å². The molecule has 0 aromatic rings. The lowest BCUT2D eigenvalue weighted by Gasteiger charge is -2.36. The number of carbonyl (C=O) groups excluding carboxylic acids is 2. The zero-order valence-electron chi connectivity index (χ0n) is 9.50. The number of imide groups is 1. The normalized spacial score (nSPS) is 60.9. The highest BCUT2D eigenvalue weighted by atomic mass is 16.2. The zero-order valence-corrected chi connectivity index (χ0v) is 9.50. The molecular formula is C14H15NO2. The first-order chi connectivity index (χ1) is 8.25. The van der Waals surface area contributed by atoms with Gasteiger partial charge in [-0.2, -0.15) is 0 Å². The summed E-state index contributed by atoms with van der Waals surface area (Å²) in [5.74, 6) is 3.97. The van der Waals surface area contributed by atoms with E-state index in [1.165, 1.54) is 6.42 Å². The van der Waals surface area contributed by atoms with Gasteiger partial charge in [0.05, 0.1) is 11.8 Å². The number of fused-ring (bicyclic) bond motifs is 12. The fourth-order valence-electron chi connectivity index (χ4n) is 6.04. The molecule has 88 valence electrons. The van der Waals surface area contributed by atoms with Crippen LogP contribution in [0.15, 0.2) is 12.2 Å². The van der Waals surface area contributed by atoms with Crippen LogP contribution in [0.1, 0.15) is 12.8 Å². The number of hydrogen-bond donors (Lipinski definition) is 1. The summed E-state index contributed by atoms with van der Waals surface area (Å²) in [4.78, 5) is 23.8. The molecule has 1 heterocycles. The first-order valence-corrected chi connectivity index (χ1v) is 6.79. The highest BCUT2D eigenvalue weighted by molar-refractivity contribution is 6.06. The SMILES string of the molecule is O=C1NC(=O)C2C3CC(C12)C1C2C=CC(C2)C31. The Morgan fingerprint density at radius 2 is 1.41 bits per heavy atom. The molecule has 4 aliphatic carbocycles. The molecule has 4 fully saturated rings. The lowest BCUT2D eigenvalue weighted by atomic mass is 9.65. The summed E-state index contributed by atoms with van der Waals surface area (Å²) in [6, 6.07) is 0. The van der Waals surface area contributed by atoms with Gasteiger partial charge in [0.2, 0.25) is 11.8 Å². The van der Waals surface area contributed by atoms with Gasteiger partial charge in [0.15, 0.2) is 0 Å². The molecule has 1 saturated heterocycles. The molecule has 3 heteroatoms. The summed E-state index contributed by atoms with van der Waals surface area (Å²) in [5.41, 5.74) is 0. The second-order valence-corrected chi connectivity index (χ2v) is 6.57. The van der Waals surface area contributed by atoms with Crippen molar-refractivity contribution in [2.45, 2.75) is 12.8 Å². The summed E-state index contributed by atoms with van der Waals surface area (Å²) < 4.78 is 0. The fourth-order valence-corrected chi connectivity index (χ4v) is 6.04. The molecule has 8 atom stereocenters. The van der Waals surface area contributed by atoms with E-state index in [4.69, 9.17) is 0 Å². The zero-order chi connectivity index (χ0) is 11.3. The molecular weight excluding hydrogens is 214 g/mol. The number of rotatable bonds is 0. The van der Waals surface area contributed by atoms with E-state index in [9.17, 15) is 9.59 Å². The van der Waals surface area contributed by atoms with E-state index in [1.807, 2.05) is 0 Å². The average molecular weight is 229 g/mol. The van der Waals surface area contributed by atoms with Crippen molar-refractivity contribution < 1.29 is 9.59 Å². The molecule has 0 spiro atoms. The van der Waals surface area contributed by atoms with E-state index in [0.29, 0.717) is 35.5 Å². The molecule has 4 bridgehead atoms. The molecule has 0 aromatic carbocycles. The van der Waals surface area contributed by atoms with Crippen LogP contribution in [0.4, 0.5) is 0 Å². The molecule has 5 rings (SSSR count). The first-order valence-electron chi connectivity index (χ1n) is 6.79. The summed E-state index contributed by atoms with van der Waals surface area (Å²) in [6.07, 6.45) is 7.17. The minimum absolute atomic E-state index is 0.0257. The minimum atomic E-state index is 0.0257. The maximum Gasteiger partial charge on any atom is 0.230 e. The molecule has 3 nitrogen and oxygen atoms in total. The van der Waals surface area contributed by atoms with E-state index in [2.05, 4.69) is 17.5 Å². The Hall–Kier alpha value is -1.12. The second kappa shape index (κ2) is 2.50. The maximum absolute atomic E-state index is 11.9. The first kappa shape index (κ1) is 8.90. The number of amides is 2. The Kier molecular flexibility index (Phi) is 1.31. The van der Waals surface area contributed by atoms with Crippen LogP contribution in [0.3, 0.4) is 0 Å². The fraction of sp³-hybridized carbons (Fsp3) is 0.714. The Morgan fingerprint density at radius 3 is 1.94 bits per heavy atom. The molecule has 5 aliphatic rings. The van der Waals surface area contributed by atoms with Gasteiger partial charge in [-0.3, -0.25) is 14.9 Å². The van der Waals surface area contributed by atoms with Crippen molar-refractivity contribution in [3.8, 4) is 0 Å². The number of hydrogen-bond acceptors (Lipinski definition) is 2. The van der Waals surface area contributed by atoms with Gasteiger partial charge >= 0.3 is 0 Å². The van der Waals surface area contributed by atoms with Crippen molar-refractivity contribution in [2.75, 3.05) is 0 Å². The van der Waals surface area contributed by atoms with E-state index in [-0.39, 0.29) is 23.7 Å². The highest BCUT2D eigenvalue weighted by Crippen LogP contribution is 2.69. The Balaban J connectivity index is 1.64. The minimum Gasteiger partial charge on any atom is -0.296 e. The summed E-state index contributed by atoms with van der Waals surface area (Å²) in [6.45, 7) is 0. The van der Waals surface area contributed by atoms with Crippen LogP contribution >= 0.6 is 0 Å². The van der Waals surface area contributed by atoms with E-state index in [1.54, 1.807) is 0 Å². The Morgan fingerprint density at radius 1 is 0.882 bits per heavy atom. The number of nitrogens with one attached hydrogen (secondary N) is 1. The Bertz CT molecular complexity index is 443. The maximum atomic E-state index is 11.9. The molecule has 0 aromatic heterocycles. The largest absolute Gasteiger partial charge is 0.296 e. The molecule has 0 radical (unpaired) electrons. The topological polar surface area (TPSA) is 46.2 Å². The van der Waals surface area contributed by atoms with Crippen molar-refractivity contribution in [3.05, 3.63) is 12.2 Å². The third-order valence-electron chi connectivity index (χ3n) is 6.28. The third kappa shape index (κ3) is 0.791. The molecule has 1 N–H and O–H groups in total. The molecule has 2 amide bonds. The van der Waals surface area contributed by atoms with Crippen molar-refractivity contribution >= 4 is 11.8 Å². The summed E-state index contributed by atoms with van der Waals surface area (Å²) in [5, 5.41) is 2.56. The van der Waals surface area contributed by atoms with Crippen molar-refractivity contribution in [1.29, 1.82) is 0 Å². The standard InChI is InChI=1S/C14H15NO2/c16-13-11-7-4-8(12(11)14(17)15-13)10-6-2-1-5(3-6)9(7)10/h1-2,5-12H,3-4H2,(H,15,16,17). The second-order valence-electron chi connectivity index (χ2n) is 6.57. The van der Waals surface area contributed by atoms with Gasteiger partial charge in [-0.1, -0.05) is 12.2 Å². The lowest BCUT2D eigenvalue weighted by Crippen LogP contribution is -2.38. The smallest absolute Gasteiger partial charge is 0.230 e. The van der Waals surface area contributed by atoms with E-state index < -0.39 is 0 Å². The predicted molar refractivity (Wildman–Crippen MR) is 59.4 cm³/mol.